The van der Waals surface area contributed by atoms with Gasteiger partial charge in [-0.15, -0.1) is 17.5 Å². The number of aromatic nitrogens is 3. The average Bonchev–Trinajstić information content (AvgIpc) is 3.04. The highest BCUT2D eigenvalue weighted by Crippen LogP contribution is 2.49. The summed E-state index contributed by atoms with van der Waals surface area (Å²) in [5, 5.41) is 15.1. The third-order valence-corrected chi connectivity index (χ3v) is 6.57. The molecular formula is C19H34ClN5O2. The second-order valence-electron chi connectivity index (χ2n) is 7.60. The Morgan fingerprint density at radius 1 is 1.30 bits per heavy atom. The molecule has 1 saturated carbocycles. The lowest BCUT2D eigenvalue weighted by Crippen LogP contribution is -2.64. The lowest BCUT2D eigenvalue weighted by atomic mass is 9.58. The summed E-state index contributed by atoms with van der Waals surface area (Å²) < 4.78 is 7.85. The first kappa shape index (κ1) is 22.1. The average molecular weight is 400 g/mol. The maximum absolute atomic E-state index is 12.9. The van der Waals surface area contributed by atoms with Crippen LogP contribution in [0.25, 0.3) is 0 Å². The first-order valence-electron chi connectivity index (χ1n) is 10.1. The number of ether oxygens (including phenoxy) is 1. The quantitative estimate of drug-likeness (QED) is 0.736. The van der Waals surface area contributed by atoms with Crippen molar-refractivity contribution in [3.63, 3.8) is 0 Å². The fourth-order valence-corrected chi connectivity index (χ4v) is 4.76. The van der Waals surface area contributed by atoms with Crippen LogP contribution < -0.4 is 10.6 Å². The van der Waals surface area contributed by atoms with Gasteiger partial charge in [-0.1, -0.05) is 19.1 Å². The molecule has 1 amide bonds. The van der Waals surface area contributed by atoms with E-state index in [1.807, 2.05) is 18.5 Å². The lowest BCUT2D eigenvalue weighted by molar-refractivity contribution is -0.134. The Bertz CT molecular complexity index is 626. The van der Waals surface area contributed by atoms with Crippen molar-refractivity contribution in [2.45, 2.75) is 78.0 Å². The van der Waals surface area contributed by atoms with Gasteiger partial charge < -0.3 is 15.4 Å². The zero-order valence-electron chi connectivity index (χ0n) is 17.0. The molecule has 3 rings (SSSR count). The third-order valence-electron chi connectivity index (χ3n) is 6.57. The van der Waals surface area contributed by atoms with Crippen molar-refractivity contribution in [3.8, 4) is 0 Å². The van der Waals surface area contributed by atoms with E-state index in [4.69, 9.17) is 4.74 Å². The minimum Gasteiger partial charge on any atom is -0.378 e. The molecule has 1 aromatic heterocycles. The Balaban J connectivity index is 0.00000261. The minimum absolute atomic E-state index is 0. The molecule has 0 spiro atoms. The Labute approximate surface area is 168 Å². The maximum atomic E-state index is 12.9. The smallest absolute Gasteiger partial charge is 0.273 e. The Morgan fingerprint density at radius 3 is 2.56 bits per heavy atom. The fraction of sp³-hybridized carbons (Fsp3) is 0.842. The highest BCUT2D eigenvalue weighted by Gasteiger charge is 2.54. The largest absolute Gasteiger partial charge is 0.378 e. The number of amides is 1. The van der Waals surface area contributed by atoms with Crippen molar-refractivity contribution < 1.29 is 9.53 Å². The van der Waals surface area contributed by atoms with E-state index in [1.165, 1.54) is 0 Å². The number of nitrogens with one attached hydrogen (secondary N) is 2. The van der Waals surface area contributed by atoms with Gasteiger partial charge in [0.2, 0.25) is 0 Å². The second-order valence-corrected chi connectivity index (χ2v) is 7.60. The molecule has 2 unspecified atom stereocenters. The predicted octanol–water partition coefficient (Wildman–Crippen LogP) is 2.65. The molecule has 27 heavy (non-hydrogen) atoms. The Hall–Kier alpha value is -1.18. The number of carbonyl (C=O) groups excluding carboxylic acids is 1. The van der Waals surface area contributed by atoms with Crippen molar-refractivity contribution in [2.24, 2.45) is 5.41 Å². The normalized spacial score (nSPS) is 24.7. The van der Waals surface area contributed by atoms with E-state index in [1.54, 1.807) is 0 Å². The highest BCUT2D eigenvalue weighted by molar-refractivity contribution is 5.93. The van der Waals surface area contributed by atoms with Gasteiger partial charge in [0.05, 0.1) is 17.8 Å². The van der Waals surface area contributed by atoms with Crippen LogP contribution in [0.1, 0.15) is 75.1 Å². The van der Waals surface area contributed by atoms with Crippen LogP contribution in [0.15, 0.2) is 0 Å². The van der Waals surface area contributed by atoms with Gasteiger partial charge in [0.25, 0.3) is 5.91 Å². The predicted molar refractivity (Wildman–Crippen MR) is 107 cm³/mol. The summed E-state index contributed by atoms with van der Waals surface area (Å²) in [5.74, 6) is -0.103. The zero-order valence-corrected chi connectivity index (χ0v) is 17.8. The van der Waals surface area contributed by atoms with Gasteiger partial charge in [-0.2, -0.15) is 0 Å². The SMILES string of the molecule is CCOC1CC(NC(=O)c2nnn(C3CCNCC3)c2C)C1(CC)CC.Cl. The number of halogens is 1. The molecule has 2 aliphatic rings. The van der Waals surface area contributed by atoms with E-state index < -0.39 is 0 Å². The van der Waals surface area contributed by atoms with Crippen LogP contribution in [0, 0.1) is 12.3 Å². The molecule has 2 N–H and O–H groups in total. The summed E-state index contributed by atoms with van der Waals surface area (Å²) >= 11 is 0. The molecule has 8 heteroatoms. The molecule has 2 atom stereocenters. The van der Waals surface area contributed by atoms with Gasteiger partial charge >= 0.3 is 0 Å². The highest BCUT2D eigenvalue weighted by atomic mass is 35.5. The molecule has 0 radical (unpaired) electrons. The van der Waals surface area contributed by atoms with E-state index in [0.717, 1.165) is 57.5 Å². The van der Waals surface area contributed by atoms with Crippen LogP contribution in [0.4, 0.5) is 0 Å². The van der Waals surface area contributed by atoms with Crippen LogP contribution >= 0.6 is 12.4 Å². The van der Waals surface area contributed by atoms with Gasteiger partial charge in [0, 0.05) is 18.1 Å². The molecule has 154 valence electrons. The van der Waals surface area contributed by atoms with Gasteiger partial charge in [-0.05, 0) is 59.0 Å². The van der Waals surface area contributed by atoms with Gasteiger partial charge in [0.15, 0.2) is 5.69 Å². The Kier molecular flexibility index (Phi) is 7.65. The van der Waals surface area contributed by atoms with Crippen molar-refractivity contribution in [3.05, 3.63) is 11.4 Å². The summed E-state index contributed by atoms with van der Waals surface area (Å²) in [6, 6.07) is 0.478. The molecular weight excluding hydrogens is 366 g/mol. The van der Waals surface area contributed by atoms with Crippen LogP contribution in [-0.4, -0.2) is 52.7 Å². The topological polar surface area (TPSA) is 81.1 Å². The monoisotopic (exact) mass is 399 g/mol. The standard InChI is InChI=1S/C19H33N5O2.ClH/c1-5-19(6-2)15(12-16(19)26-7-3)21-18(25)17-13(4)24(23-22-17)14-8-10-20-11-9-14;/h14-16,20H,5-12H2,1-4H3,(H,21,25);1H. The minimum atomic E-state index is -0.103. The number of hydrogen-bond acceptors (Lipinski definition) is 5. The van der Waals surface area contributed by atoms with Crippen molar-refractivity contribution in [2.75, 3.05) is 19.7 Å². The number of carbonyl (C=O) groups is 1. The lowest BCUT2D eigenvalue weighted by Gasteiger charge is -2.55. The van der Waals surface area contributed by atoms with E-state index in [2.05, 4.69) is 34.8 Å². The zero-order chi connectivity index (χ0) is 18.7. The van der Waals surface area contributed by atoms with E-state index >= 15 is 0 Å². The molecule has 2 heterocycles. The van der Waals surface area contributed by atoms with Gasteiger partial charge in [-0.3, -0.25) is 4.79 Å². The van der Waals surface area contributed by atoms with E-state index in [9.17, 15) is 4.79 Å². The first-order valence-corrected chi connectivity index (χ1v) is 10.1. The molecule has 1 aliphatic carbocycles. The molecule has 1 aromatic rings. The number of hydrogen-bond donors (Lipinski definition) is 2. The summed E-state index contributed by atoms with van der Waals surface area (Å²) in [7, 11) is 0. The summed E-state index contributed by atoms with van der Waals surface area (Å²) in [6.45, 7) is 11.1. The van der Waals surface area contributed by atoms with Crippen LogP contribution in [0.3, 0.4) is 0 Å². The third kappa shape index (κ3) is 4.00. The maximum Gasteiger partial charge on any atom is 0.273 e. The summed E-state index contributed by atoms with van der Waals surface area (Å²) in [6.07, 6.45) is 5.17. The second kappa shape index (κ2) is 9.34. The molecule has 0 bridgehead atoms. The number of rotatable bonds is 7. The van der Waals surface area contributed by atoms with E-state index in [0.29, 0.717) is 11.7 Å². The number of piperidine rings is 1. The summed E-state index contributed by atoms with van der Waals surface area (Å²) in [5.41, 5.74) is 1.36. The molecule has 2 fully saturated rings. The van der Waals surface area contributed by atoms with Crippen LogP contribution in [-0.2, 0) is 4.74 Å². The molecule has 0 aromatic carbocycles. The molecule has 7 nitrogen and oxygen atoms in total. The van der Waals surface area contributed by atoms with Gasteiger partial charge in [0.1, 0.15) is 0 Å². The summed E-state index contributed by atoms with van der Waals surface area (Å²) in [4.78, 5) is 12.9. The van der Waals surface area contributed by atoms with Gasteiger partial charge in [-0.25, -0.2) is 4.68 Å². The Morgan fingerprint density at radius 2 is 1.96 bits per heavy atom. The first-order chi connectivity index (χ1) is 12.6. The number of nitrogens with zero attached hydrogens (tertiary/aromatic N) is 3. The molecule has 1 saturated heterocycles. The fourth-order valence-electron chi connectivity index (χ4n) is 4.76. The van der Waals surface area contributed by atoms with Crippen LogP contribution in [0.5, 0.6) is 0 Å². The van der Waals surface area contributed by atoms with Crippen molar-refractivity contribution in [1.82, 2.24) is 25.6 Å². The van der Waals surface area contributed by atoms with Crippen molar-refractivity contribution >= 4 is 18.3 Å². The van der Waals surface area contributed by atoms with E-state index in [-0.39, 0.29) is 35.9 Å². The van der Waals surface area contributed by atoms with Crippen molar-refractivity contribution in [1.29, 1.82) is 0 Å². The molecule has 1 aliphatic heterocycles. The van der Waals surface area contributed by atoms with Crippen LogP contribution in [0.2, 0.25) is 0 Å².